The van der Waals surface area contributed by atoms with Crippen LogP contribution < -0.4 is 4.74 Å². The van der Waals surface area contributed by atoms with E-state index in [2.05, 4.69) is 19.0 Å². The quantitative estimate of drug-likeness (QED) is 0.613. The summed E-state index contributed by atoms with van der Waals surface area (Å²) in [6.45, 7) is 6.35. The molecule has 0 fully saturated rings. The minimum atomic E-state index is -0.231. The third-order valence-electron chi connectivity index (χ3n) is 3.21. The van der Waals surface area contributed by atoms with Crippen LogP contribution >= 0.6 is 0 Å². The number of aryl methyl sites for hydroxylation is 1. The summed E-state index contributed by atoms with van der Waals surface area (Å²) in [4.78, 5) is 12.3. The van der Waals surface area contributed by atoms with E-state index in [0.29, 0.717) is 24.3 Å². The Morgan fingerprint density at radius 3 is 2.72 bits per heavy atom. The van der Waals surface area contributed by atoms with Gasteiger partial charge in [0.25, 0.3) is 0 Å². The number of ketones is 1. The number of benzene rings is 1. The highest BCUT2D eigenvalue weighted by atomic mass is 16.5. The number of carbonyl (C=O) groups excluding carboxylic acids is 1. The zero-order chi connectivity index (χ0) is 13.3. The SMILES string of the molecule is Cc1ccc(C(C)C)c2c1C(=O)/C(=N\O)CCO2. The van der Waals surface area contributed by atoms with Crippen LogP contribution in [-0.4, -0.2) is 23.3 Å². The Labute approximate surface area is 106 Å². The van der Waals surface area contributed by atoms with Crippen molar-refractivity contribution in [3.8, 4) is 5.75 Å². The number of hydrogen-bond acceptors (Lipinski definition) is 4. The lowest BCUT2D eigenvalue weighted by molar-refractivity contribution is 0.105. The number of carbonyl (C=O) groups is 1. The molecular formula is C14H17NO3. The molecule has 0 atom stereocenters. The van der Waals surface area contributed by atoms with Crippen LogP contribution in [0.3, 0.4) is 0 Å². The van der Waals surface area contributed by atoms with Gasteiger partial charge in [0.1, 0.15) is 11.5 Å². The molecule has 4 heteroatoms. The fraction of sp³-hybridized carbons (Fsp3) is 0.429. The van der Waals surface area contributed by atoms with E-state index in [1.54, 1.807) is 0 Å². The molecule has 0 saturated carbocycles. The summed E-state index contributed by atoms with van der Waals surface area (Å²) in [5.41, 5.74) is 2.56. The van der Waals surface area contributed by atoms with Gasteiger partial charge in [0.15, 0.2) is 0 Å². The zero-order valence-electron chi connectivity index (χ0n) is 10.9. The Hall–Kier alpha value is -1.84. The standard InChI is InChI=1S/C14H17NO3/c1-8(2)10-5-4-9(3)12-13(16)11(15-17)6-7-18-14(10)12/h4-5,8,17H,6-7H2,1-3H3/b15-11-. The van der Waals surface area contributed by atoms with Gasteiger partial charge in [0.05, 0.1) is 12.2 Å². The van der Waals surface area contributed by atoms with Crippen LogP contribution in [0.4, 0.5) is 0 Å². The van der Waals surface area contributed by atoms with Gasteiger partial charge >= 0.3 is 0 Å². The minimum absolute atomic E-state index is 0.165. The summed E-state index contributed by atoms with van der Waals surface area (Å²) < 4.78 is 5.71. The first-order chi connectivity index (χ1) is 8.56. The van der Waals surface area contributed by atoms with E-state index < -0.39 is 0 Å². The second-order valence-electron chi connectivity index (χ2n) is 4.80. The van der Waals surface area contributed by atoms with E-state index in [9.17, 15) is 4.79 Å². The summed E-state index contributed by atoms with van der Waals surface area (Å²) >= 11 is 0. The predicted molar refractivity (Wildman–Crippen MR) is 68.9 cm³/mol. The molecule has 1 aromatic carbocycles. The van der Waals surface area contributed by atoms with Crippen molar-refractivity contribution in [2.75, 3.05) is 6.61 Å². The predicted octanol–water partition coefficient (Wildman–Crippen LogP) is 2.91. The van der Waals surface area contributed by atoms with Crippen LogP contribution in [0.1, 0.15) is 47.7 Å². The number of Topliss-reactive ketones (excluding diaryl/α,β-unsaturated/α-hetero) is 1. The lowest BCUT2D eigenvalue weighted by Gasteiger charge is -2.16. The average Bonchev–Trinajstić information content (AvgIpc) is 2.49. The molecule has 0 saturated heterocycles. The molecule has 1 aliphatic heterocycles. The molecule has 96 valence electrons. The fourth-order valence-electron chi connectivity index (χ4n) is 2.19. The van der Waals surface area contributed by atoms with Gasteiger partial charge in [0, 0.05) is 6.42 Å². The second-order valence-corrected chi connectivity index (χ2v) is 4.80. The lowest BCUT2D eigenvalue weighted by Crippen LogP contribution is -2.14. The van der Waals surface area contributed by atoms with Crippen LogP contribution in [0.25, 0.3) is 0 Å². The van der Waals surface area contributed by atoms with Crippen LogP contribution in [0, 0.1) is 6.92 Å². The third-order valence-corrected chi connectivity index (χ3v) is 3.21. The van der Waals surface area contributed by atoms with Crippen molar-refractivity contribution >= 4 is 11.5 Å². The first-order valence-electron chi connectivity index (χ1n) is 6.08. The van der Waals surface area contributed by atoms with Gasteiger partial charge in [-0.15, -0.1) is 0 Å². The van der Waals surface area contributed by atoms with Gasteiger partial charge in [-0.1, -0.05) is 31.1 Å². The molecule has 1 heterocycles. The molecule has 0 aromatic heterocycles. The van der Waals surface area contributed by atoms with Crippen molar-refractivity contribution in [1.29, 1.82) is 0 Å². The molecule has 0 aliphatic carbocycles. The van der Waals surface area contributed by atoms with Gasteiger partial charge < -0.3 is 9.94 Å². The maximum absolute atomic E-state index is 12.3. The largest absolute Gasteiger partial charge is 0.492 e. The Morgan fingerprint density at radius 2 is 2.11 bits per heavy atom. The Morgan fingerprint density at radius 1 is 1.39 bits per heavy atom. The smallest absolute Gasteiger partial charge is 0.214 e. The highest BCUT2D eigenvalue weighted by molar-refractivity contribution is 6.47. The number of hydrogen-bond donors (Lipinski definition) is 1. The van der Waals surface area contributed by atoms with Crippen molar-refractivity contribution in [1.82, 2.24) is 0 Å². The number of nitrogens with zero attached hydrogens (tertiary/aromatic N) is 1. The monoisotopic (exact) mass is 247 g/mol. The van der Waals surface area contributed by atoms with Gasteiger partial charge in [-0.3, -0.25) is 4.79 Å². The molecule has 1 aromatic rings. The molecule has 0 unspecified atom stereocenters. The molecule has 0 spiro atoms. The van der Waals surface area contributed by atoms with Crippen LogP contribution in [0.5, 0.6) is 5.75 Å². The molecule has 18 heavy (non-hydrogen) atoms. The summed E-state index contributed by atoms with van der Waals surface area (Å²) in [7, 11) is 0. The van der Waals surface area contributed by atoms with E-state index >= 15 is 0 Å². The van der Waals surface area contributed by atoms with Crippen molar-refractivity contribution < 1.29 is 14.7 Å². The highest BCUT2D eigenvalue weighted by Gasteiger charge is 2.27. The normalized spacial score (nSPS) is 17.6. The minimum Gasteiger partial charge on any atom is -0.492 e. The number of oxime groups is 1. The zero-order valence-corrected chi connectivity index (χ0v) is 10.9. The van der Waals surface area contributed by atoms with Crippen molar-refractivity contribution in [2.24, 2.45) is 5.16 Å². The van der Waals surface area contributed by atoms with Crippen LogP contribution in [0.15, 0.2) is 17.3 Å². The van der Waals surface area contributed by atoms with Crippen molar-refractivity contribution in [2.45, 2.75) is 33.1 Å². The highest BCUT2D eigenvalue weighted by Crippen LogP contribution is 2.34. The topological polar surface area (TPSA) is 58.9 Å². The third kappa shape index (κ3) is 1.98. The average molecular weight is 247 g/mol. The van der Waals surface area contributed by atoms with E-state index in [1.807, 2.05) is 19.1 Å². The second kappa shape index (κ2) is 4.80. The van der Waals surface area contributed by atoms with Gasteiger partial charge in [-0.2, -0.15) is 0 Å². The Bertz CT molecular complexity index is 518. The maximum atomic E-state index is 12.3. The Kier molecular flexibility index (Phi) is 3.36. The summed E-state index contributed by atoms with van der Waals surface area (Å²) in [5, 5.41) is 12.0. The van der Waals surface area contributed by atoms with Crippen LogP contribution in [0.2, 0.25) is 0 Å². The lowest BCUT2D eigenvalue weighted by atomic mass is 9.93. The Balaban J connectivity index is 2.67. The first kappa shape index (κ1) is 12.6. The number of rotatable bonds is 1. The van der Waals surface area contributed by atoms with Gasteiger partial charge in [0.2, 0.25) is 5.78 Å². The molecule has 0 bridgehead atoms. The molecule has 0 radical (unpaired) electrons. The summed E-state index contributed by atoms with van der Waals surface area (Å²) in [6, 6.07) is 3.91. The van der Waals surface area contributed by atoms with E-state index in [1.165, 1.54) is 0 Å². The molecule has 4 nitrogen and oxygen atoms in total. The van der Waals surface area contributed by atoms with E-state index in [4.69, 9.17) is 9.94 Å². The van der Waals surface area contributed by atoms with Crippen molar-refractivity contribution in [3.63, 3.8) is 0 Å². The number of ether oxygens (including phenoxy) is 1. The van der Waals surface area contributed by atoms with Gasteiger partial charge in [-0.05, 0) is 24.0 Å². The molecule has 1 N–H and O–H groups in total. The summed E-state index contributed by atoms with van der Waals surface area (Å²) in [5.74, 6) is 0.693. The molecule has 1 aliphatic rings. The summed E-state index contributed by atoms with van der Waals surface area (Å²) in [6.07, 6.45) is 0.334. The molecule has 2 rings (SSSR count). The number of fused-ring (bicyclic) bond motifs is 1. The van der Waals surface area contributed by atoms with E-state index in [-0.39, 0.29) is 17.4 Å². The van der Waals surface area contributed by atoms with Crippen molar-refractivity contribution in [3.05, 3.63) is 28.8 Å². The molecule has 0 amide bonds. The van der Waals surface area contributed by atoms with Gasteiger partial charge in [-0.25, -0.2) is 0 Å². The van der Waals surface area contributed by atoms with Crippen LogP contribution in [-0.2, 0) is 0 Å². The fourth-order valence-corrected chi connectivity index (χ4v) is 2.19. The first-order valence-corrected chi connectivity index (χ1v) is 6.08. The van der Waals surface area contributed by atoms with E-state index in [0.717, 1.165) is 11.1 Å². The maximum Gasteiger partial charge on any atom is 0.214 e. The molecular weight excluding hydrogens is 230 g/mol.